The highest BCUT2D eigenvalue weighted by molar-refractivity contribution is 7.99. The van der Waals surface area contributed by atoms with E-state index in [9.17, 15) is 5.11 Å². The summed E-state index contributed by atoms with van der Waals surface area (Å²) in [6.07, 6.45) is 0.704. The molecule has 0 aliphatic heterocycles. The van der Waals surface area contributed by atoms with Crippen molar-refractivity contribution in [1.82, 2.24) is 0 Å². The Bertz CT molecular complexity index is 392. The molecule has 0 bridgehead atoms. The van der Waals surface area contributed by atoms with E-state index in [0.29, 0.717) is 18.2 Å². The summed E-state index contributed by atoms with van der Waals surface area (Å²) in [7, 11) is 0. The highest BCUT2D eigenvalue weighted by Crippen LogP contribution is 2.30. The number of nitrogens with two attached hydrogens (primary N) is 1. The average Bonchev–Trinajstić information content (AvgIpc) is 2.27. The molecular formula is C16H27NOS. The van der Waals surface area contributed by atoms with Crippen LogP contribution in [0.2, 0.25) is 0 Å². The maximum Gasteiger partial charge on any atom is 0.0752 e. The number of aliphatic hydroxyl groups is 1. The van der Waals surface area contributed by atoms with E-state index in [1.54, 1.807) is 18.7 Å². The van der Waals surface area contributed by atoms with Gasteiger partial charge in [-0.05, 0) is 36.5 Å². The minimum atomic E-state index is -0.766. The van der Waals surface area contributed by atoms with E-state index >= 15 is 0 Å². The quantitative estimate of drug-likeness (QED) is 0.811. The Morgan fingerprint density at radius 2 is 1.68 bits per heavy atom. The number of hydrogen-bond donors (Lipinski definition) is 2. The summed E-state index contributed by atoms with van der Waals surface area (Å²) in [6.45, 7) is 10.9. The topological polar surface area (TPSA) is 46.2 Å². The first kappa shape index (κ1) is 16.5. The second kappa shape index (κ2) is 6.29. The van der Waals surface area contributed by atoms with Crippen LogP contribution in [0.4, 0.5) is 0 Å². The first-order valence-corrected chi connectivity index (χ1v) is 7.72. The van der Waals surface area contributed by atoms with Crippen LogP contribution < -0.4 is 5.73 Å². The van der Waals surface area contributed by atoms with Gasteiger partial charge < -0.3 is 10.8 Å². The standard InChI is InChI=1S/C16H27NOS/c1-12(10-16(5,18)11-17)19-14-8-6-13(7-9-14)15(2,3)4/h6-9,12,18H,10-11,17H2,1-5H3. The van der Waals surface area contributed by atoms with E-state index in [2.05, 4.69) is 52.0 Å². The molecule has 0 heterocycles. The largest absolute Gasteiger partial charge is 0.389 e. The zero-order valence-corrected chi connectivity index (χ0v) is 13.6. The number of thioether (sulfide) groups is 1. The summed E-state index contributed by atoms with van der Waals surface area (Å²) >= 11 is 1.79. The summed E-state index contributed by atoms with van der Waals surface area (Å²) in [5.74, 6) is 0. The zero-order chi connectivity index (χ0) is 14.7. The van der Waals surface area contributed by atoms with Crippen LogP contribution >= 0.6 is 11.8 Å². The second-order valence-corrected chi connectivity index (χ2v) is 8.12. The zero-order valence-electron chi connectivity index (χ0n) is 12.7. The lowest BCUT2D eigenvalue weighted by Crippen LogP contribution is -2.36. The fraction of sp³-hybridized carbons (Fsp3) is 0.625. The van der Waals surface area contributed by atoms with E-state index in [1.165, 1.54) is 10.5 Å². The van der Waals surface area contributed by atoms with Crippen LogP contribution in [0.15, 0.2) is 29.2 Å². The summed E-state index contributed by atoms with van der Waals surface area (Å²) < 4.78 is 0. The molecule has 3 N–H and O–H groups in total. The SMILES string of the molecule is CC(CC(C)(O)CN)Sc1ccc(C(C)(C)C)cc1. The summed E-state index contributed by atoms with van der Waals surface area (Å²) in [5, 5.41) is 10.3. The summed E-state index contributed by atoms with van der Waals surface area (Å²) in [4.78, 5) is 1.24. The van der Waals surface area contributed by atoms with Gasteiger partial charge in [0.2, 0.25) is 0 Å². The Morgan fingerprint density at radius 3 is 2.11 bits per heavy atom. The van der Waals surface area contributed by atoms with Gasteiger partial charge in [0.25, 0.3) is 0 Å². The van der Waals surface area contributed by atoms with Gasteiger partial charge >= 0.3 is 0 Å². The molecule has 2 atom stereocenters. The van der Waals surface area contributed by atoms with E-state index in [-0.39, 0.29) is 5.41 Å². The molecule has 0 radical (unpaired) electrons. The molecule has 0 spiro atoms. The van der Waals surface area contributed by atoms with Crippen molar-refractivity contribution in [2.45, 2.75) is 62.2 Å². The van der Waals surface area contributed by atoms with E-state index in [0.717, 1.165) is 0 Å². The van der Waals surface area contributed by atoms with Gasteiger partial charge in [-0.25, -0.2) is 0 Å². The summed E-state index contributed by atoms with van der Waals surface area (Å²) in [5.41, 5.74) is 6.33. The third kappa shape index (κ3) is 5.55. The molecular weight excluding hydrogens is 254 g/mol. The van der Waals surface area contributed by atoms with Crippen molar-refractivity contribution in [2.24, 2.45) is 5.73 Å². The van der Waals surface area contributed by atoms with Crippen LogP contribution in [-0.2, 0) is 5.41 Å². The molecule has 1 rings (SSSR count). The van der Waals surface area contributed by atoms with Crippen molar-refractivity contribution < 1.29 is 5.11 Å². The molecule has 0 aliphatic carbocycles. The van der Waals surface area contributed by atoms with Crippen molar-refractivity contribution >= 4 is 11.8 Å². The van der Waals surface area contributed by atoms with Crippen molar-refractivity contribution in [2.75, 3.05) is 6.54 Å². The molecule has 2 unspecified atom stereocenters. The van der Waals surface area contributed by atoms with Gasteiger partial charge in [0, 0.05) is 16.7 Å². The minimum Gasteiger partial charge on any atom is -0.389 e. The van der Waals surface area contributed by atoms with Crippen LogP contribution in [0.1, 0.15) is 46.6 Å². The second-order valence-electron chi connectivity index (χ2n) is 6.61. The van der Waals surface area contributed by atoms with Gasteiger partial charge in [0.05, 0.1) is 5.60 Å². The Labute approximate surface area is 121 Å². The van der Waals surface area contributed by atoms with Crippen molar-refractivity contribution in [3.63, 3.8) is 0 Å². The molecule has 2 nitrogen and oxygen atoms in total. The molecule has 0 amide bonds. The van der Waals surface area contributed by atoms with E-state index < -0.39 is 5.60 Å². The molecule has 0 saturated carbocycles. The normalized spacial score (nSPS) is 17.0. The molecule has 0 saturated heterocycles. The molecule has 19 heavy (non-hydrogen) atoms. The van der Waals surface area contributed by atoms with E-state index in [1.807, 2.05) is 0 Å². The first-order chi connectivity index (χ1) is 8.64. The molecule has 0 fully saturated rings. The van der Waals surface area contributed by atoms with Gasteiger partial charge in [-0.3, -0.25) is 0 Å². The van der Waals surface area contributed by atoms with Crippen LogP contribution in [-0.4, -0.2) is 22.5 Å². The molecule has 0 aromatic heterocycles. The van der Waals surface area contributed by atoms with Crippen LogP contribution in [0.3, 0.4) is 0 Å². The van der Waals surface area contributed by atoms with Crippen molar-refractivity contribution in [3.05, 3.63) is 29.8 Å². The highest BCUT2D eigenvalue weighted by Gasteiger charge is 2.22. The smallest absolute Gasteiger partial charge is 0.0752 e. The summed E-state index contributed by atoms with van der Waals surface area (Å²) in [6, 6.07) is 8.71. The monoisotopic (exact) mass is 281 g/mol. The van der Waals surface area contributed by atoms with Gasteiger partial charge in [-0.1, -0.05) is 39.8 Å². The van der Waals surface area contributed by atoms with Gasteiger partial charge in [-0.2, -0.15) is 0 Å². The average molecular weight is 281 g/mol. The Kier molecular flexibility index (Phi) is 5.48. The minimum absolute atomic E-state index is 0.192. The predicted molar refractivity (Wildman–Crippen MR) is 84.8 cm³/mol. The maximum absolute atomic E-state index is 9.98. The van der Waals surface area contributed by atoms with Crippen LogP contribution in [0, 0.1) is 0 Å². The molecule has 3 heteroatoms. The lowest BCUT2D eigenvalue weighted by Gasteiger charge is -2.25. The van der Waals surface area contributed by atoms with Gasteiger partial charge in [-0.15, -0.1) is 11.8 Å². The molecule has 0 aliphatic rings. The third-order valence-electron chi connectivity index (χ3n) is 3.22. The lowest BCUT2D eigenvalue weighted by atomic mass is 9.87. The Balaban J connectivity index is 2.63. The number of hydrogen-bond acceptors (Lipinski definition) is 3. The van der Waals surface area contributed by atoms with Crippen molar-refractivity contribution in [1.29, 1.82) is 0 Å². The number of rotatable bonds is 5. The maximum atomic E-state index is 9.98. The Hall–Kier alpha value is -0.510. The lowest BCUT2D eigenvalue weighted by molar-refractivity contribution is 0.0608. The molecule has 108 valence electrons. The first-order valence-electron chi connectivity index (χ1n) is 6.84. The van der Waals surface area contributed by atoms with Crippen LogP contribution in [0.25, 0.3) is 0 Å². The third-order valence-corrected chi connectivity index (χ3v) is 4.34. The molecule has 1 aromatic rings. The van der Waals surface area contributed by atoms with Gasteiger partial charge in [0.1, 0.15) is 0 Å². The fourth-order valence-electron chi connectivity index (χ4n) is 2.01. The predicted octanol–water partition coefficient (Wildman–Crippen LogP) is 3.56. The fourth-order valence-corrected chi connectivity index (χ4v) is 3.21. The number of benzene rings is 1. The van der Waals surface area contributed by atoms with Gasteiger partial charge in [0.15, 0.2) is 0 Å². The van der Waals surface area contributed by atoms with E-state index in [4.69, 9.17) is 5.73 Å². The van der Waals surface area contributed by atoms with Crippen molar-refractivity contribution in [3.8, 4) is 0 Å². The Morgan fingerprint density at radius 1 is 1.16 bits per heavy atom. The highest BCUT2D eigenvalue weighted by atomic mass is 32.2. The molecule has 1 aromatic carbocycles. The van der Waals surface area contributed by atoms with Crippen LogP contribution in [0.5, 0.6) is 0 Å².